The monoisotopic (exact) mass is 235 g/mol. The second-order valence-corrected chi connectivity index (χ2v) is 3.55. The van der Waals surface area contributed by atoms with Crippen LogP contribution < -0.4 is 4.74 Å². The van der Waals surface area contributed by atoms with Gasteiger partial charge in [-0.1, -0.05) is 6.07 Å². The zero-order valence-electron chi connectivity index (χ0n) is 10.2. The molecule has 0 heterocycles. The minimum absolute atomic E-state index is 0.472. The summed E-state index contributed by atoms with van der Waals surface area (Å²) >= 11 is 0. The average molecular weight is 235 g/mol. The summed E-state index contributed by atoms with van der Waals surface area (Å²) in [6.07, 6.45) is 0. The van der Waals surface area contributed by atoms with Gasteiger partial charge in [0.15, 0.2) is 0 Å². The molecule has 4 nitrogen and oxygen atoms in total. The van der Waals surface area contributed by atoms with Crippen LogP contribution in [0.5, 0.6) is 5.75 Å². The van der Waals surface area contributed by atoms with Gasteiger partial charge in [-0.3, -0.25) is 0 Å². The van der Waals surface area contributed by atoms with Crippen LogP contribution in [0.25, 0.3) is 0 Å². The summed E-state index contributed by atoms with van der Waals surface area (Å²) in [5, 5.41) is 8.78. The van der Waals surface area contributed by atoms with E-state index in [0.29, 0.717) is 32.0 Å². The van der Waals surface area contributed by atoms with Crippen molar-refractivity contribution in [2.75, 3.05) is 33.5 Å². The molecule has 1 aromatic rings. The van der Waals surface area contributed by atoms with Crippen molar-refractivity contribution in [3.05, 3.63) is 29.3 Å². The number of methoxy groups -OCH3 is 1. The lowest BCUT2D eigenvalue weighted by molar-refractivity contribution is 0.0543. The van der Waals surface area contributed by atoms with Gasteiger partial charge in [0.2, 0.25) is 0 Å². The third-order valence-electron chi connectivity index (χ3n) is 2.23. The zero-order chi connectivity index (χ0) is 12.5. The molecule has 0 fully saturated rings. The summed E-state index contributed by atoms with van der Waals surface area (Å²) in [4.78, 5) is 0. The molecule has 0 saturated heterocycles. The summed E-state index contributed by atoms with van der Waals surface area (Å²) in [7, 11) is 1.64. The van der Waals surface area contributed by atoms with Crippen molar-refractivity contribution in [2.24, 2.45) is 0 Å². The van der Waals surface area contributed by atoms with Crippen molar-refractivity contribution < 1.29 is 14.2 Å². The highest BCUT2D eigenvalue weighted by molar-refractivity contribution is 5.41. The Morgan fingerprint density at radius 3 is 2.65 bits per heavy atom. The van der Waals surface area contributed by atoms with Gasteiger partial charge in [0, 0.05) is 7.11 Å². The highest BCUT2D eigenvalue weighted by Crippen LogP contribution is 2.18. The molecule has 0 aromatic heterocycles. The molecule has 1 rings (SSSR count). The van der Waals surface area contributed by atoms with Crippen LogP contribution in [-0.4, -0.2) is 33.5 Å². The smallest absolute Gasteiger partial charge is 0.123 e. The van der Waals surface area contributed by atoms with Crippen molar-refractivity contribution in [1.82, 2.24) is 0 Å². The van der Waals surface area contributed by atoms with Gasteiger partial charge in [0.25, 0.3) is 0 Å². The van der Waals surface area contributed by atoms with E-state index >= 15 is 0 Å². The molecule has 0 aliphatic carbocycles. The molecule has 0 bridgehead atoms. The minimum Gasteiger partial charge on any atom is -0.491 e. The molecule has 0 aliphatic heterocycles. The first-order valence-electron chi connectivity index (χ1n) is 5.48. The SMILES string of the molecule is COCCOCCOc1cc(C#N)ccc1C. The van der Waals surface area contributed by atoms with Crippen LogP contribution in [0.15, 0.2) is 18.2 Å². The maximum absolute atomic E-state index is 8.78. The number of nitrogens with zero attached hydrogens (tertiary/aromatic N) is 1. The van der Waals surface area contributed by atoms with Crippen molar-refractivity contribution in [3.8, 4) is 11.8 Å². The van der Waals surface area contributed by atoms with Gasteiger partial charge in [-0.2, -0.15) is 5.26 Å². The Morgan fingerprint density at radius 2 is 1.94 bits per heavy atom. The van der Waals surface area contributed by atoms with E-state index in [1.165, 1.54) is 0 Å². The van der Waals surface area contributed by atoms with Crippen LogP contribution >= 0.6 is 0 Å². The first-order valence-corrected chi connectivity index (χ1v) is 5.48. The summed E-state index contributed by atoms with van der Waals surface area (Å²) in [5.74, 6) is 0.736. The predicted molar refractivity (Wildman–Crippen MR) is 64.1 cm³/mol. The Kier molecular flexibility index (Phi) is 6.08. The van der Waals surface area contributed by atoms with Crippen molar-refractivity contribution in [1.29, 1.82) is 5.26 Å². The van der Waals surface area contributed by atoms with Gasteiger partial charge in [-0.05, 0) is 24.6 Å². The van der Waals surface area contributed by atoms with Crippen molar-refractivity contribution >= 4 is 0 Å². The van der Waals surface area contributed by atoms with Crippen LogP contribution in [0.2, 0.25) is 0 Å². The standard InChI is InChI=1S/C13H17NO3/c1-11-3-4-12(10-14)9-13(11)17-8-7-16-6-5-15-2/h3-4,9H,5-8H2,1-2H3. The predicted octanol–water partition coefficient (Wildman–Crippen LogP) is 1.91. The number of rotatable bonds is 7. The van der Waals surface area contributed by atoms with Crippen LogP contribution in [-0.2, 0) is 9.47 Å². The molecular formula is C13H17NO3. The number of hydrogen-bond donors (Lipinski definition) is 0. The van der Waals surface area contributed by atoms with Crippen molar-refractivity contribution in [2.45, 2.75) is 6.92 Å². The Hall–Kier alpha value is -1.57. The molecule has 0 unspecified atom stereocenters. The van der Waals surface area contributed by atoms with E-state index in [9.17, 15) is 0 Å². The summed E-state index contributed by atoms with van der Waals surface area (Å²) < 4.78 is 15.7. The van der Waals surface area contributed by atoms with E-state index in [-0.39, 0.29) is 0 Å². The molecule has 92 valence electrons. The molecule has 0 radical (unpaired) electrons. The lowest BCUT2D eigenvalue weighted by Gasteiger charge is -2.09. The highest BCUT2D eigenvalue weighted by atomic mass is 16.5. The van der Waals surface area contributed by atoms with E-state index in [0.717, 1.165) is 11.3 Å². The van der Waals surface area contributed by atoms with Gasteiger partial charge in [0.1, 0.15) is 12.4 Å². The fourth-order valence-electron chi connectivity index (χ4n) is 1.28. The Morgan fingerprint density at radius 1 is 1.18 bits per heavy atom. The van der Waals surface area contributed by atoms with Gasteiger partial charge < -0.3 is 14.2 Å². The van der Waals surface area contributed by atoms with E-state index in [1.807, 2.05) is 13.0 Å². The Labute approximate surface area is 102 Å². The van der Waals surface area contributed by atoms with E-state index in [4.69, 9.17) is 19.5 Å². The molecule has 0 aliphatic rings. The lowest BCUT2D eigenvalue weighted by Crippen LogP contribution is -2.10. The fraction of sp³-hybridized carbons (Fsp3) is 0.462. The van der Waals surface area contributed by atoms with E-state index < -0.39 is 0 Å². The molecule has 4 heteroatoms. The average Bonchev–Trinajstić information content (AvgIpc) is 2.35. The lowest BCUT2D eigenvalue weighted by atomic mass is 10.1. The van der Waals surface area contributed by atoms with Gasteiger partial charge >= 0.3 is 0 Å². The normalized spacial score (nSPS) is 9.94. The van der Waals surface area contributed by atoms with Crippen LogP contribution in [0.4, 0.5) is 0 Å². The first kappa shape index (κ1) is 13.5. The summed E-state index contributed by atoms with van der Waals surface area (Å²) in [6.45, 7) is 4.08. The third kappa shape index (κ3) is 4.85. The molecule has 0 atom stereocenters. The first-order chi connectivity index (χ1) is 8.27. The van der Waals surface area contributed by atoms with Crippen molar-refractivity contribution in [3.63, 3.8) is 0 Å². The molecule has 0 N–H and O–H groups in total. The third-order valence-corrected chi connectivity index (χ3v) is 2.23. The zero-order valence-corrected chi connectivity index (χ0v) is 10.2. The van der Waals surface area contributed by atoms with E-state index in [1.54, 1.807) is 19.2 Å². The fourth-order valence-corrected chi connectivity index (χ4v) is 1.28. The molecule has 0 saturated carbocycles. The number of benzene rings is 1. The van der Waals surface area contributed by atoms with E-state index in [2.05, 4.69) is 6.07 Å². The Bertz CT molecular complexity index is 385. The molecule has 0 spiro atoms. The molecule has 1 aromatic carbocycles. The quantitative estimate of drug-likeness (QED) is 0.677. The van der Waals surface area contributed by atoms with Gasteiger partial charge in [-0.15, -0.1) is 0 Å². The van der Waals surface area contributed by atoms with Gasteiger partial charge in [-0.25, -0.2) is 0 Å². The minimum atomic E-state index is 0.472. The molecule has 0 amide bonds. The number of hydrogen-bond acceptors (Lipinski definition) is 4. The van der Waals surface area contributed by atoms with Gasteiger partial charge in [0.05, 0.1) is 31.5 Å². The highest BCUT2D eigenvalue weighted by Gasteiger charge is 2.01. The maximum Gasteiger partial charge on any atom is 0.123 e. The molecule has 17 heavy (non-hydrogen) atoms. The Balaban J connectivity index is 2.33. The largest absolute Gasteiger partial charge is 0.491 e. The van der Waals surface area contributed by atoms with Crippen LogP contribution in [0, 0.1) is 18.3 Å². The second-order valence-electron chi connectivity index (χ2n) is 3.55. The summed E-state index contributed by atoms with van der Waals surface area (Å²) in [6, 6.07) is 7.48. The number of aryl methyl sites for hydroxylation is 1. The molecular weight excluding hydrogens is 218 g/mol. The second kappa shape index (κ2) is 7.66. The van der Waals surface area contributed by atoms with Crippen LogP contribution in [0.1, 0.15) is 11.1 Å². The van der Waals surface area contributed by atoms with Crippen LogP contribution in [0.3, 0.4) is 0 Å². The topological polar surface area (TPSA) is 51.5 Å². The number of nitriles is 1. The number of ether oxygens (including phenoxy) is 3. The maximum atomic E-state index is 8.78. The summed E-state index contributed by atoms with van der Waals surface area (Å²) in [5.41, 5.74) is 1.62.